The fraction of sp³-hybridized carbons (Fsp3) is 0.789. The highest BCUT2D eigenvalue weighted by molar-refractivity contribution is 7.09. The van der Waals surface area contributed by atoms with Crippen LogP contribution in [0.25, 0.3) is 0 Å². The minimum Gasteiger partial charge on any atom is -0.377 e. The molecule has 1 aromatic heterocycles. The highest BCUT2D eigenvalue weighted by Gasteiger charge is 2.20. The summed E-state index contributed by atoms with van der Waals surface area (Å²) < 4.78 is 5.45. The molecule has 1 saturated heterocycles. The zero-order valence-electron chi connectivity index (χ0n) is 17.0. The minimum atomic E-state index is -0.234. The Balaban J connectivity index is 1.74. The molecule has 1 aromatic rings. The van der Waals surface area contributed by atoms with Crippen molar-refractivity contribution in [2.24, 2.45) is 10.9 Å². The summed E-state index contributed by atoms with van der Waals surface area (Å²) in [6.07, 6.45) is 2.44. The van der Waals surface area contributed by atoms with E-state index in [1.165, 1.54) is 18.5 Å². The second-order valence-corrected chi connectivity index (χ2v) is 8.68. The van der Waals surface area contributed by atoms with Crippen molar-refractivity contribution < 1.29 is 4.74 Å². The van der Waals surface area contributed by atoms with E-state index in [0.29, 0.717) is 12.5 Å². The van der Waals surface area contributed by atoms with Crippen LogP contribution in [0.2, 0.25) is 0 Å². The summed E-state index contributed by atoms with van der Waals surface area (Å²) in [7, 11) is 1.73. The summed E-state index contributed by atoms with van der Waals surface area (Å²) in [5, 5.41) is 10.2. The Bertz CT molecular complexity index is 564. The number of hydrogen-bond donors (Lipinski definition) is 2. The van der Waals surface area contributed by atoms with E-state index >= 15 is 0 Å². The van der Waals surface area contributed by atoms with Gasteiger partial charge in [-0.05, 0) is 59.5 Å². The second-order valence-electron chi connectivity index (χ2n) is 7.62. The number of hydrogen-bond acceptors (Lipinski definition) is 5. The normalized spacial score (nSPS) is 17.5. The van der Waals surface area contributed by atoms with Crippen LogP contribution in [0.5, 0.6) is 0 Å². The largest absolute Gasteiger partial charge is 0.377 e. The van der Waals surface area contributed by atoms with Gasteiger partial charge in [0, 0.05) is 32.1 Å². The predicted molar refractivity (Wildman–Crippen MR) is 110 cm³/mol. The minimum absolute atomic E-state index is 0.234. The Morgan fingerprint density at radius 3 is 2.69 bits per heavy atom. The Morgan fingerprint density at radius 1 is 1.38 bits per heavy atom. The third-order valence-electron chi connectivity index (χ3n) is 4.83. The van der Waals surface area contributed by atoms with Gasteiger partial charge in [0.05, 0.1) is 22.8 Å². The van der Waals surface area contributed by atoms with E-state index in [9.17, 15) is 0 Å². The number of guanidine groups is 1. The monoisotopic (exact) mass is 381 g/mol. The Morgan fingerprint density at radius 2 is 2.12 bits per heavy atom. The first-order chi connectivity index (χ1) is 12.4. The van der Waals surface area contributed by atoms with Crippen LogP contribution < -0.4 is 10.6 Å². The summed E-state index contributed by atoms with van der Waals surface area (Å²) in [5.41, 5.74) is 0.980. The lowest BCUT2D eigenvalue weighted by molar-refractivity contribution is 0.0310. The molecule has 2 rings (SSSR count). The number of aromatic nitrogens is 1. The van der Waals surface area contributed by atoms with Gasteiger partial charge in [0.25, 0.3) is 0 Å². The fourth-order valence-corrected chi connectivity index (χ4v) is 3.58. The van der Waals surface area contributed by atoms with Crippen molar-refractivity contribution in [3.05, 3.63) is 16.1 Å². The van der Waals surface area contributed by atoms with Crippen LogP contribution in [0, 0.1) is 12.8 Å². The molecule has 0 aromatic carbocycles. The van der Waals surface area contributed by atoms with Gasteiger partial charge in [0.2, 0.25) is 0 Å². The van der Waals surface area contributed by atoms with Crippen molar-refractivity contribution in [1.29, 1.82) is 0 Å². The van der Waals surface area contributed by atoms with Gasteiger partial charge in [0.1, 0.15) is 0 Å². The van der Waals surface area contributed by atoms with E-state index in [2.05, 4.69) is 58.6 Å². The number of nitrogens with one attached hydrogen (secondary N) is 2. The lowest BCUT2D eigenvalue weighted by atomic mass is 9.97. The number of aliphatic imine (C=N–C) groups is 1. The number of nitrogens with zero attached hydrogens (tertiary/aromatic N) is 3. The average molecular weight is 382 g/mol. The molecule has 0 atom stereocenters. The van der Waals surface area contributed by atoms with Gasteiger partial charge in [-0.2, -0.15) is 0 Å². The molecule has 1 aliphatic heterocycles. The molecule has 1 aliphatic rings. The van der Waals surface area contributed by atoms with Gasteiger partial charge >= 0.3 is 0 Å². The van der Waals surface area contributed by atoms with E-state index in [0.717, 1.165) is 43.7 Å². The molecule has 0 spiro atoms. The summed E-state index contributed by atoms with van der Waals surface area (Å²) in [6.45, 7) is 14.0. The Hall–Kier alpha value is -1.18. The molecule has 0 aliphatic carbocycles. The summed E-state index contributed by atoms with van der Waals surface area (Å²) >= 11 is 1.74. The maximum absolute atomic E-state index is 5.45. The summed E-state index contributed by atoms with van der Waals surface area (Å²) in [4.78, 5) is 11.8. The molecule has 26 heavy (non-hydrogen) atoms. The fourth-order valence-electron chi connectivity index (χ4n) is 2.98. The molecular formula is C19H35N5OS. The zero-order chi connectivity index (χ0) is 19.0. The van der Waals surface area contributed by atoms with E-state index in [-0.39, 0.29) is 5.60 Å². The Kier molecular flexibility index (Phi) is 8.31. The van der Waals surface area contributed by atoms with Crippen molar-refractivity contribution in [2.45, 2.75) is 52.7 Å². The first kappa shape index (κ1) is 21.1. The van der Waals surface area contributed by atoms with Crippen LogP contribution in [0.1, 0.15) is 44.3 Å². The van der Waals surface area contributed by atoms with Gasteiger partial charge in [-0.3, -0.25) is 9.89 Å². The van der Waals surface area contributed by atoms with Gasteiger partial charge < -0.3 is 15.4 Å². The molecule has 1 fully saturated rings. The quantitative estimate of drug-likeness (QED) is 0.535. The van der Waals surface area contributed by atoms with Crippen LogP contribution in [-0.4, -0.2) is 61.3 Å². The third kappa shape index (κ3) is 7.21. The number of piperidine rings is 1. The topological polar surface area (TPSA) is 61.8 Å². The standard InChI is InChI=1S/C19H35N5OS/c1-6-20-18(22-14-19(3,4)25-5)21-11-16-7-9-24(10-8-16)12-17-13-26-15(2)23-17/h13,16H,6-12,14H2,1-5H3,(H2,20,21,22). The van der Waals surface area contributed by atoms with Crippen molar-refractivity contribution in [3.8, 4) is 0 Å². The molecular weight excluding hydrogens is 346 g/mol. The summed E-state index contributed by atoms with van der Waals surface area (Å²) in [6, 6.07) is 0. The number of aryl methyl sites for hydroxylation is 1. The first-order valence-electron chi connectivity index (χ1n) is 9.62. The van der Waals surface area contributed by atoms with Crippen molar-refractivity contribution in [1.82, 2.24) is 20.5 Å². The molecule has 0 unspecified atom stereocenters. The molecule has 0 bridgehead atoms. The second kappa shape index (κ2) is 10.2. The smallest absolute Gasteiger partial charge is 0.191 e. The molecule has 148 valence electrons. The van der Waals surface area contributed by atoms with Gasteiger partial charge in [0.15, 0.2) is 5.96 Å². The van der Waals surface area contributed by atoms with Gasteiger partial charge in [-0.25, -0.2) is 4.98 Å². The SMILES string of the molecule is CCNC(=NCC(C)(C)OC)NCC1CCN(Cc2csc(C)n2)CC1. The molecule has 0 radical (unpaired) electrons. The molecule has 7 heteroatoms. The van der Waals surface area contributed by atoms with Crippen LogP contribution in [0.15, 0.2) is 10.4 Å². The molecule has 2 heterocycles. The number of rotatable bonds is 8. The Labute approximate surface area is 162 Å². The maximum atomic E-state index is 5.45. The number of likely N-dealkylation sites (tertiary alicyclic amines) is 1. The molecule has 0 amide bonds. The van der Waals surface area contributed by atoms with Crippen LogP contribution in [0.4, 0.5) is 0 Å². The van der Waals surface area contributed by atoms with E-state index in [4.69, 9.17) is 4.74 Å². The number of ether oxygens (including phenoxy) is 1. The number of methoxy groups -OCH3 is 1. The highest BCUT2D eigenvalue weighted by atomic mass is 32.1. The van der Waals surface area contributed by atoms with Gasteiger partial charge in [-0.1, -0.05) is 0 Å². The van der Waals surface area contributed by atoms with Crippen LogP contribution in [0.3, 0.4) is 0 Å². The van der Waals surface area contributed by atoms with Gasteiger partial charge in [-0.15, -0.1) is 11.3 Å². The zero-order valence-corrected chi connectivity index (χ0v) is 17.8. The molecule has 0 saturated carbocycles. The van der Waals surface area contributed by atoms with Crippen molar-refractivity contribution in [2.75, 3.05) is 39.8 Å². The summed E-state index contributed by atoms with van der Waals surface area (Å²) in [5.74, 6) is 1.58. The van der Waals surface area contributed by atoms with Crippen molar-refractivity contribution in [3.63, 3.8) is 0 Å². The highest BCUT2D eigenvalue weighted by Crippen LogP contribution is 2.19. The average Bonchev–Trinajstić information content (AvgIpc) is 3.03. The first-order valence-corrected chi connectivity index (χ1v) is 10.5. The third-order valence-corrected chi connectivity index (χ3v) is 5.65. The predicted octanol–water partition coefficient (Wildman–Crippen LogP) is 2.64. The molecule has 2 N–H and O–H groups in total. The van der Waals surface area contributed by atoms with E-state index in [1.54, 1.807) is 18.4 Å². The lowest BCUT2D eigenvalue weighted by Crippen LogP contribution is -2.43. The lowest BCUT2D eigenvalue weighted by Gasteiger charge is -2.32. The maximum Gasteiger partial charge on any atom is 0.191 e. The van der Waals surface area contributed by atoms with Crippen LogP contribution >= 0.6 is 11.3 Å². The number of thiazole rings is 1. The molecule has 6 nitrogen and oxygen atoms in total. The van der Waals surface area contributed by atoms with Crippen molar-refractivity contribution >= 4 is 17.3 Å². The van der Waals surface area contributed by atoms with E-state index in [1.807, 2.05) is 0 Å². The van der Waals surface area contributed by atoms with Crippen LogP contribution in [-0.2, 0) is 11.3 Å². The van der Waals surface area contributed by atoms with E-state index < -0.39 is 0 Å².